The van der Waals surface area contributed by atoms with Gasteiger partial charge in [-0.05, 0) is 61.8 Å². The van der Waals surface area contributed by atoms with Gasteiger partial charge in [0.15, 0.2) is 5.76 Å². The van der Waals surface area contributed by atoms with E-state index in [2.05, 4.69) is 5.32 Å². The molecule has 4 nitrogen and oxygen atoms in total. The van der Waals surface area contributed by atoms with Gasteiger partial charge in [0.05, 0.1) is 0 Å². The van der Waals surface area contributed by atoms with Gasteiger partial charge in [-0.15, -0.1) is 0 Å². The predicted molar refractivity (Wildman–Crippen MR) is 77.3 cm³/mol. The van der Waals surface area contributed by atoms with Crippen LogP contribution in [0.3, 0.4) is 0 Å². The summed E-state index contributed by atoms with van der Waals surface area (Å²) in [4.78, 5) is 12.3. The molecule has 0 radical (unpaired) electrons. The second-order valence-corrected chi connectivity index (χ2v) is 6.08. The van der Waals surface area contributed by atoms with Gasteiger partial charge in [-0.2, -0.15) is 0 Å². The van der Waals surface area contributed by atoms with Crippen molar-refractivity contribution < 1.29 is 9.21 Å². The molecule has 3 N–H and O–H groups in total. The predicted octanol–water partition coefficient (Wildman–Crippen LogP) is 2.93. The lowest BCUT2D eigenvalue weighted by Gasteiger charge is -2.16. The fourth-order valence-electron chi connectivity index (χ4n) is 2.93. The number of hydrogen-bond donors (Lipinski definition) is 2. The van der Waals surface area contributed by atoms with E-state index in [1.807, 2.05) is 6.07 Å². The molecular weight excluding hydrogens is 252 g/mol. The third kappa shape index (κ3) is 2.15. The van der Waals surface area contributed by atoms with Gasteiger partial charge < -0.3 is 15.5 Å². The third-order valence-corrected chi connectivity index (χ3v) is 4.32. The van der Waals surface area contributed by atoms with E-state index >= 15 is 0 Å². The Hall–Kier alpha value is -1.97. The molecule has 104 valence electrons. The molecule has 2 fully saturated rings. The van der Waals surface area contributed by atoms with Gasteiger partial charge in [0, 0.05) is 17.1 Å². The molecule has 1 amide bonds. The number of hydrogen-bond acceptors (Lipinski definition) is 3. The third-order valence-electron chi connectivity index (χ3n) is 4.32. The second-order valence-electron chi connectivity index (χ2n) is 6.08. The van der Waals surface area contributed by atoms with E-state index in [1.165, 1.54) is 25.7 Å². The minimum Gasteiger partial charge on any atom is -0.451 e. The summed E-state index contributed by atoms with van der Waals surface area (Å²) in [7, 11) is 0. The first-order valence-corrected chi connectivity index (χ1v) is 7.30. The lowest BCUT2D eigenvalue weighted by atomic mass is 10.1. The number of nitrogens with one attached hydrogen (secondary N) is 1. The van der Waals surface area contributed by atoms with Crippen LogP contribution in [0.1, 0.15) is 36.2 Å². The van der Waals surface area contributed by atoms with Crippen LogP contribution in [0.2, 0.25) is 0 Å². The molecule has 0 unspecified atom stereocenters. The molecule has 0 spiro atoms. The van der Waals surface area contributed by atoms with Crippen LogP contribution in [0.4, 0.5) is 5.69 Å². The van der Waals surface area contributed by atoms with E-state index in [0.29, 0.717) is 34.9 Å². The lowest BCUT2D eigenvalue weighted by molar-refractivity contribution is 0.0900. The average molecular weight is 270 g/mol. The smallest absolute Gasteiger partial charge is 0.287 e. The van der Waals surface area contributed by atoms with Crippen molar-refractivity contribution in [3.63, 3.8) is 0 Å². The molecule has 2 saturated carbocycles. The van der Waals surface area contributed by atoms with Crippen molar-refractivity contribution in [3.8, 4) is 0 Å². The van der Waals surface area contributed by atoms with E-state index in [4.69, 9.17) is 10.2 Å². The molecule has 20 heavy (non-hydrogen) atoms. The molecule has 4 heteroatoms. The van der Waals surface area contributed by atoms with Gasteiger partial charge in [-0.3, -0.25) is 4.79 Å². The summed E-state index contributed by atoms with van der Waals surface area (Å²) in [5.41, 5.74) is 7.13. The number of carbonyl (C=O) groups excluding carboxylic acids is 1. The van der Waals surface area contributed by atoms with Crippen molar-refractivity contribution in [3.05, 3.63) is 30.0 Å². The summed E-state index contributed by atoms with van der Waals surface area (Å²) >= 11 is 0. The standard InChI is InChI=1S/C16H18N2O2/c17-12-5-6-13-11(7-12)8-14(20-13)16(19)18-15(9-1-2-9)10-3-4-10/h5-10,15H,1-4,17H2,(H,18,19). The monoisotopic (exact) mass is 270 g/mol. The maximum atomic E-state index is 12.3. The molecule has 1 aromatic carbocycles. The van der Waals surface area contributed by atoms with Crippen LogP contribution in [0.5, 0.6) is 0 Å². The Bertz CT molecular complexity index is 656. The molecule has 2 aliphatic carbocycles. The van der Waals surface area contributed by atoms with Gasteiger partial charge in [0.25, 0.3) is 5.91 Å². The average Bonchev–Trinajstić information content (AvgIpc) is 3.32. The molecule has 0 aliphatic heterocycles. The summed E-state index contributed by atoms with van der Waals surface area (Å²) in [6.07, 6.45) is 4.99. The number of furan rings is 1. The number of anilines is 1. The van der Waals surface area contributed by atoms with Crippen molar-refractivity contribution >= 4 is 22.6 Å². The molecule has 2 aliphatic rings. The van der Waals surface area contributed by atoms with Crippen LogP contribution in [-0.4, -0.2) is 11.9 Å². The van der Waals surface area contributed by atoms with E-state index in [0.717, 1.165) is 5.39 Å². The Morgan fingerprint density at radius 2 is 1.90 bits per heavy atom. The van der Waals surface area contributed by atoms with Crippen LogP contribution in [0.15, 0.2) is 28.7 Å². The Kier molecular flexibility index (Phi) is 2.52. The van der Waals surface area contributed by atoms with E-state index in [-0.39, 0.29) is 5.91 Å². The first-order valence-electron chi connectivity index (χ1n) is 7.30. The number of nitrogens with two attached hydrogens (primary N) is 1. The van der Waals surface area contributed by atoms with Gasteiger partial charge in [0.1, 0.15) is 5.58 Å². The maximum Gasteiger partial charge on any atom is 0.287 e. The van der Waals surface area contributed by atoms with E-state index in [9.17, 15) is 4.79 Å². The fraction of sp³-hybridized carbons (Fsp3) is 0.438. The lowest BCUT2D eigenvalue weighted by Crippen LogP contribution is -2.37. The van der Waals surface area contributed by atoms with Crippen molar-refractivity contribution in [2.45, 2.75) is 31.7 Å². The summed E-state index contributed by atoms with van der Waals surface area (Å²) in [6, 6.07) is 7.54. The number of amides is 1. The first-order chi connectivity index (χ1) is 9.70. The van der Waals surface area contributed by atoms with Crippen LogP contribution in [-0.2, 0) is 0 Å². The largest absolute Gasteiger partial charge is 0.451 e. The van der Waals surface area contributed by atoms with Crippen LogP contribution in [0.25, 0.3) is 11.0 Å². The van der Waals surface area contributed by atoms with Gasteiger partial charge in [-0.1, -0.05) is 0 Å². The highest BCUT2D eigenvalue weighted by molar-refractivity contribution is 5.96. The van der Waals surface area contributed by atoms with E-state index < -0.39 is 0 Å². The Labute approximate surface area is 117 Å². The number of rotatable bonds is 4. The molecular formula is C16H18N2O2. The Morgan fingerprint density at radius 1 is 1.20 bits per heavy atom. The Balaban J connectivity index is 1.56. The summed E-state index contributed by atoms with van der Waals surface area (Å²) < 4.78 is 5.62. The van der Waals surface area contributed by atoms with Crippen molar-refractivity contribution in [1.29, 1.82) is 0 Å². The highest BCUT2D eigenvalue weighted by atomic mass is 16.3. The van der Waals surface area contributed by atoms with E-state index in [1.54, 1.807) is 18.2 Å². The van der Waals surface area contributed by atoms with Gasteiger partial charge in [0.2, 0.25) is 0 Å². The normalized spacial score (nSPS) is 18.6. The summed E-state index contributed by atoms with van der Waals surface area (Å²) in [5, 5.41) is 4.05. The van der Waals surface area contributed by atoms with Gasteiger partial charge in [-0.25, -0.2) is 0 Å². The fourth-order valence-corrected chi connectivity index (χ4v) is 2.93. The second kappa shape index (κ2) is 4.27. The van der Waals surface area contributed by atoms with Crippen molar-refractivity contribution in [2.24, 2.45) is 11.8 Å². The SMILES string of the molecule is Nc1ccc2oc(C(=O)NC(C3CC3)C3CC3)cc2c1. The highest BCUT2D eigenvalue weighted by Crippen LogP contribution is 2.44. The first kappa shape index (κ1) is 11.8. The van der Waals surface area contributed by atoms with Crippen molar-refractivity contribution in [2.75, 3.05) is 5.73 Å². The molecule has 1 aromatic heterocycles. The molecule has 0 atom stereocenters. The zero-order valence-corrected chi connectivity index (χ0v) is 11.3. The minimum atomic E-state index is -0.0939. The zero-order valence-electron chi connectivity index (χ0n) is 11.3. The quantitative estimate of drug-likeness (QED) is 0.839. The highest BCUT2D eigenvalue weighted by Gasteiger charge is 2.42. The van der Waals surface area contributed by atoms with Gasteiger partial charge >= 0.3 is 0 Å². The van der Waals surface area contributed by atoms with Crippen LogP contribution in [0, 0.1) is 11.8 Å². The molecule has 0 saturated heterocycles. The number of benzene rings is 1. The van der Waals surface area contributed by atoms with Crippen LogP contribution < -0.4 is 11.1 Å². The summed E-state index contributed by atoms with van der Waals surface area (Å²) in [5.74, 6) is 1.67. The maximum absolute atomic E-state index is 12.3. The number of nitrogen functional groups attached to an aromatic ring is 1. The number of carbonyl (C=O) groups is 1. The molecule has 1 heterocycles. The molecule has 4 rings (SSSR count). The topological polar surface area (TPSA) is 68.3 Å². The molecule has 2 aromatic rings. The zero-order chi connectivity index (χ0) is 13.7. The number of fused-ring (bicyclic) bond motifs is 1. The summed E-state index contributed by atoms with van der Waals surface area (Å²) in [6.45, 7) is 0. The molecule has 0 bridgehead atoms. The minimum absolute atomic E-state index is 0.0939. The van der Waals surface area contributed by atoms with Crippen molar-refractivity contribution in [1.82, 2.24) is 5.32 Å². The van der Waals surface area contributed by atoms with Crippen LogP contribution >= 0.6 is 0 Å². The Morgan fingerprint density at radius 3 is 2.55 bits per heavy atom.